The van der Waals surface area contributed by atoms with Crippen LogP contribution in [0.4, 0.5) is 0 Å². The van der Waals surface area contributed by atoms with E-state index in [-0.39, 0.29) is 17.9 Å². The molecule has 0 amide bonds. The highest BCUT2D eigenvalue weighted by Crippen LogP contribution is 2.28. The van der Waals surface area contributed by atoms with Crippen LogP contribution in [0.5, 0.6) is 0 Å². The van der Waals surface area contributed by atoms with Crippen LogP contribution in [-0.4, -0.2) is 43.7 Å². The van der Waals surface area contributed by atoms with Crippen molar-refractivity contribution in [1.82, 2.24) is 5.32 Å². The van der Waals surface area contributed by atoms with Gasteiger partial charge in [0.05, 0.1) is 17.6 Å². The van der Waals surface area contributed by atoms with Gasteiger partial charge in [-0.2, -0.15) is 0 Å². The molecule has 2 rings (SSSR count). The largest absolute Gasteiger partial charge is 0.395 e. The molecule has 2 saturated heterocycles. The van der Waals surface area contributed by atoms with Crippen molar-refractivity contribution in [2.75, 3.05) is 18.9 Å². The van der Waals surface area contributed by atoms with Gasteiger partial charge < -0.3 is 10.4 Å². The Morgan fingerprint density at radius 2 is 2.12 bits per heavy atom. The average molecular weight is 247 g/mol. The Morgan fingerprint density at radius 1 is 1.31 bits per heavy atom. The van der Waals surface area contributed by atoms with Crippen LogP contribution in [0.3, 0.4) is 0 Å². The molecule has 0 aromatic heterocycles. The maximum absolute atomic E-state index is 11.9. The average Bonchev–Trinajstić information content (AvgIpc) is 2.69. The number of hydrogen-bond donors (Lipinski definition) is 2. The molecular formula is C11H21NO3S. The fraction of sp³-hybridized carbons (Fsp3) is 1.00. The molecule has 3 atom stereocenters. The van der Waals surface area contributed by atoms with E-state index >= 15 is 0 Å². The van der Waals surface area contributed by atoms with Gasteiger partial charge in [0.15, 0.2) is 9.84 Å². The van der Waals surface area contributed by atoms with Gasteiger partial charge in [-0.1, -0.05) is 6.42 Å². The van der Waals surface area contributed by atoms with Gasteiger partial charge in [-0.3, -0.25) is 0 Å². The third kappa shape index (κ3) is 2.76. The zero-order valence-corrected chi connectivity index (χ0v) is 10.4. The van der Waals surface area contributed by atoms with Crippen molar-refractivity contribution < 1.29 is 13.5 Å². The fourth-order valence-electron chi connectivity index (χ4n) is 2.88. The van der Waals surface area contributed by atoms with Gasteiger partial charge >= 0.3 is 0 Å². The van der Waals surface area contributed by atoms with Crippen LogP contribution in [0.1, 0.15) is 32.1 Å². The summed E-state index contributed by atoms with van der Waals surface area (Å²) in [4.78, 5) is 0. The lowest BCUT2D eigenvalue weighted by molar-refractivity contribution is 0.252. The third-order valence-electron chi connectivity index (χ3n) is 3.84. The molecule has 16 heavy (non-hydrogen) atoms. The third-order valence-corrected chi connectivity index (χ3v) is 6.14. The van der Waals surface area contributed by atoms with Crippen LogP contribution < -0.4 is 5.32 Å². The molecular weight excluding hydrogens is 226 g/mol. The zero-order chi connectivity index (χ0) is 11.6. The van der Waals surface area contributed by atoms with Crippen molar-refractivity contribution in [3.63, 3.8) is 0 Å². The molecule has 0 aliphatic carbocycles. The molecule has 0 aromatic carbocycles. The first-order valence-corrected chi connectivity index (χ1v) is 7.89. The molecule has 94 valence electrons. The molecule has 4 nitrogen and oxygen atoms in total. The number of rotatable bonds is 3. The quantitative estimate of drug-likeness (QED) is 0.753. The predicted octanol–water partition coefficient (Wildman–Crippen LogP) is 0.314. The van der Waals surface area contributed by atoms with E-state index in [2.05, 4.69) is 5.32 Å². The van der Waals surface area contributed by atoms with Crippen LogP contribution in [0.25, 0.3) is 0 Å². The van der Waals surface area contributed by atoms with Gasteiger partial charge in [-0.05, 0) is 38.1 Å². The molecule has 0 spiro atoms. The van der Waals surface area contributed by atoms with E-state index < -0.39 is 9.84 Å². The van der Waals surface area contributed by atoms with Gasteiger partial charge in [-0.25, -0.2) is 8.42 Å². The lowest BCUT2D eigenvalue weighted by atomic mass is 9.97. The van der Waals surface area contributed by atoms with Crippen LogP contribution in [0, 0.1) is 5.92 Å². The van der Waals surface area contributed by atoms with E-state index in [9.17, 15) is 8.42 Å². The predicted molar refractivity (Wildman–Crippen MR) is 63.0 cm³/mol. The van der Waals surface area contributed by atoms with E-state index in [1.807, 2.05) is 0 Å². The summed E-state index contributed by atoms with van der Waals surface area (Å²) < 4.78 is 23.7. The number of nitrogens with one attached hydrogen (secondary N) is 1. The Bertz CT molecular complexity index is 328. The van der Waals surface area contributed by atoms with Crippen molar-refractivity contribution in [2.45, 2.75) is 43.4 Å². The normalized spacial score (nSPS) is 38.7. The first-order valence-electron chi connectivity index (χ1n) is 6.17. The van der Waals surface area contributed by atoms with Gasteiger partial charge in [0.25, 0.3) is 0 Å². The van der Waals surface area contributed by atoms with Crippen molar-refractivity contribution in [2.24, 2.45) is 5.92 Å². The topological polar surface area (TPSA) is 66.4 Å². The second-order valence-corrected chi connectivity index (χ2v) is 7.51. The molecule has 0 radical (unpaired) electrons. The summed E-state index contributed by atoms with van der Waals surface area (Å²) >= 11 is 0. The monoisotopic (exact) mass is 247 g/mol. The Kier molecular flexibility index (Phi) is 3.87. The molecule has 0 aromatic rings. The highest BCUT2D eigenvalue weighted by atomic mass is 32.2. The molecule has 5 heteroatoms. The van der Waals surface area contributed by atoms with E-state index in [1.54, 1.807) is 0 Å². The minimum absolute atomic E-state index is 0.120. The van der Waals surface area contributed by atoms with Crippen LogP contribution in [-0.2, 0) is 9.84 Å². The maximum atomic E-state index is 11.9. The summed E-state index contributed by atoms with van der Waals surface area (Å²) in [5.74, 6) is 0.802. The summed E-state index contributed by atoms with van der Waals surface area (Å²) in [6.45, 7) is 1.02. The number of aliphatic hydroxyl groups excluding tert-OH is 1. The van der Waals surface area contributed by atoms with Crippen LogP contribution in [0.15, 0.2) is 0 Å². The second kappa shape index (κ2) is 5.02. The summed E-state index contributed by atoms with van der Waals surface area (Å²) in [5, 5.41) is 12.1. The zero-order valence-electron chi connectivity index (χ0n) is 9.56. The number of aliphatic hydroxyl groups is 1. The Hall–Kier alpha value is -0.130. The molecule has 0 bridgehead atoms. The Balaban J connectivity index is 1.89. The van der Waals surface area contributed by atoms with Crippen molar-refractivity contribution in [3.05, 3.63) is 0 Å². The Morgan fingerprint density at radius 3 is 2.75 bits per heavy atom. The van der Waals surface area contributed by atoms with Crippen molar-refractivity contribution in [3.8, 4) is 0 Å². The van der Waals surface area contributed by atoms with E-state index in [1.165, 1.54) is 0 Å². The van der Waals surface area contributed by atoms with E-state index in [0.717, 1.165) is 38.6 Å². The summed E-state index contributed by atoms with van der Waals surface area (Å²) in [5.41, 5.74) is 0. The standard InChI is InChI=1S/C11H21NO3S/c13-8-10-5-9(7-12-10)6-11-3-1-2-4-16(11,14)15/h9-13H,1-8H2. The second-order valence-electron chi connectivity index (χ2n) is 5.11. The molecule has 0 saturated carbocycles. The molecule has 2 fully saturated rings. The minimum Gasteiger partial charge on any atom is -0.395 e. The molecule has 2 heterocycles. The van der Waals surface area contributed by atoms with Crippen molar-refractivity contribution >= 4 is 9.84 Å². The molecule has 3 unspecified atom stereocenters. The van der Waals surface area contributed by atoms with E-state index in [4.69, 9.17) is 5.11 Å². The highest BCUT2D eigenvalue weighted by Gasteiger charge is 2.33. The first kappa shape index (κ1) is 12.3. The van der Waals surface area contributed by atoms with Gasteiger partial charge in [-0.15, -0.1) is 0 Å². The Labute approximate surface area is 97.3 Å². The fourth-order valence-corrected chi connectivity index (χ4v) is 4.91. The van der Waals surface area contributed by atoms with Crippen LogP contribution >= 0.6 is 0 Å². The lowest BCUT2D eigenvalue weighted by Crippen LogP contribution is -2.30. The molecule has 2 N–H and O–H groups in total. The summed E-state index contributed by atoms with van der Waals surface area (Å²) in [6, 6.07) is 0.177. The minimum atomic E-state index is -2.83. The summed E-state index contributed by atoms with van der Waals surface area (Å²) in [7, 11) is -2.83. The molecule has 2 aliphatic heterocycles. The first-order chi connectivity index (χ1) is 7.62. The van der Waals surface area contributed by atoms with Gasteiger partial charge in [0.2, 0.25) is 0 Å². The maximum Gasteiger partial charge on any atom is 0.153 e. The van der Waals surface area contributed by atoms with Gasteiger partial charge in [0.1, 0.15) is 0 Å². The molecule has 2 aliphatic rings. The number of hydrogen-bond acceptors (Lipinski definition) is 4. The lowest BCUT2D eigenvalue weighted by Gasteiger charge is -2.24. The SMILES string of the molecule is O=S1(=O)CCCCC1CC1CNC(CO)C1. The number of sulfone groups is 1. The smallest absolute Gasteiger partial charge is 0.153 e. The summed E-state index contributed by atoms with van der Waals surface area (Å²) in [6.07, 6.45) is 4.42. The van der Waals surface area contributed by atoms with Crippen molar-refractivity contribution in [1.29, 1.82) is 0 Å². The highest BCUT2D eigenvalue weighted by molar-refractivity contribution is 7.92. The van der Waals surface area contributed by atoms with E-state index in [0.29, 0.717) is 11.7 Å². The van der Waals surface area contributed by atoms with Crippen LogP contribution in [0.2, 0.25) is 0 Å². The van der Waals surface area contributed by atoms with Gasteiger partial charge in [0, 0.05) is 6.04 Å².